The molecule has 0 fully saturated rings. The van der Waals surface area contributed by atoms with Crippen LogP contribution in [0, 0.1) is 0 Å². The topological polar surface area (TPSA) is 93.2 Å². The highest BCUT2D eigenvalue weighted by Crippen LogP contribution is 2.18. The molecular formula is C21H20N4O3. The summed E-state index contributed by atoms with van der Waals surface area (Å²) in [5.41, 5.74) is 2.15. The molecule has 28 heavy (non-hydrogen) atoms. The van der Waals surface area contributed by atoms with Crippen molar-refractivity contribution in [1.82, 2.24) is 10.2 Å². The number of ketones is 1. The van der Waals surface area contributed by atoms with E-state index in [1.165, 1.54) is 6.92 Å². The van der Waals surface area contributed by atoms with Gasteiger partial charge in [-0.1, -0.05) is 12.1 Å². The second kappa shape index (κ2) is 8.77. The molecule has 0 aliphatic carbocycles. The number of rotatable bonds is 7. The zero-order valence-electron chi connectivity index (χ0n) is 15.6. The summed E-state index contributed by atoms with van der Waals surface area (Å²) >= 11 is 0. The van der Waals surface area contributed by atoms with E-state index in [0.29, 0.717) is 29.4 Å². The maximum atomic E-state index is 12.3. The van der Waals surface area contributed by atoms with Crippen molar-refractivity contribution < 1.29 is 14.3 Å². The average molecular weight is 376 g/mol. The third-order valence-electron chi connectivity index (χ3n) is 3.86. The number of anilines is 3. The number of carbonyl (C=O) groups is 2. The highest BCUT2D eigenvalue weighted by Gasteiger charge is 2.09. The number of ether oxygens (including phenoxy) is 1. The monoisotopic (exact) mass is 376 g/mol. The summed E-state index contributed by atoms with van der Waals surface area (Å²) in [5, 5.41) is 13.8. The van der Waals surface area contributed by atoms with Crippen molar-refractivity contribution in [2.24, 2.45) is 0 Å². The summed E-state index contributed by atoms with van der Waals surface area (Å²) in [4.78, 5) is 23.8. The van der Waals surface area contributed by atoms with Gasteiger partial charge in [0.25, 0.3) is 5.91 Å². The lowest BCUT2D eigenvalue weighted by Gasteiger charge is -2.08. The number of hydrogen-bond donors (Lipinski definition) is 2. The molecule has 0 bridgehead atoms. The minimum Gasteiger partial charge on any atom is -0.494 e. The molecule has 0 saturated heterocycles. The van der Waals surface area contributed by atoms with E-state index in [0.717, 1.165) is 5.75 Å². The highest BCUT2D eigenvalue weighted by atomic mass is 16.5. The Morgan fingerprint density at radius 2 is 1.75 bits per heavy atom. The smallest absolute Gasteiger partial charge is 0.276 e. The lowest BCUT2D eigenvalue weighted by molar-refractivity contribution is 0.101. The van der Waals surface area contributed by atoms with Crippen molar-refractivity contribution in [3.05, 3.63) is 71.9 Å². The van der Waals surface area contributed by atoms with Gasteiger partial charge in [0.1, 0.15) is 5.75 Å². The Hall–Kier alpha value is -3.74. The molecule has 1 amide bonds. The third-order valence-corrected chi connectivity index (χ3v) is 3.86. The average Bonchev–Trinajstić information content (AvgIpc) is 2.70. The van der Waals surface area contributed by atoms with Gasteiger partial charge in [0.05, 0.1) is 6.61 Å². The molecule has 1 aromatic heterocycles. The molecular weight excluding hydrogens is 356 g/mol. The first-order valence-electron chi connectivity index (χ1n) is 8.81. The number of carbonyl (C=O) groups excluding carboxylic acids is 2. The normalized spacial score (nSPS) is 10.2. The van der Waals surface area contributed by atoms with Crippen LogP contribution in [0.1, 0.15) is 34.7 Å². The molecule has 0 unspecified atom stereocenters. The van der Waals surface area contributed by atoms with Crippen LogP contribution in [-0.4, -0.2) is 28.5 Å². The number of amides is 1. The van der Waals surface area contributed by atoms with Crippen LogP contribution < -0.4 is 15.4 Å². The van der Waals surface area contributed by atoms with E-state index < -0.39 is 0 Å². The van der Waals surface area contributed by atoms with Crippen LogP contribution in [0.5, 0.6) is 5.75 Å². The second-order valence-electron chi connectivity index (χ2n) is 5.98. The number of hydrogen-bond acceptors (Lipinski definition) is 6. The van der Waals surface area contributed by atoms with E-state index in [9.17, 15) is 9.59 Å². The van der Waals surface area contributed by atoms with E-state index in [4.69, 9.17) is 4.74 Å². The molecule has 2 aromatic carbocycles. The standard InChI is InChI=1S/C21H20N4O3/c1-3-28-18-9-7-16(8-10-18)23-21(27)19-11-12-20(25-24-19)22-17-6-4-5-15(13-17)14(2)26/h4-13H,3H2,1-2H3,(H,22,25)(H,23,27). The Morgan fingerprint density at radius 1 is 0.964 bits per heavy atom. The van der Waals surface area contributed by atoms with E-state index in [-0.39, 0.29) is 17.4 Å². The Labute approximate surface area is 162 Å². The zero-order chi connectivity index (χ0) is 19.9. The molecule has 0 saturated carbocycles. The van der Waals surface area contributed by atoms with Gasteiger partial charge in [0, 0.05) is 16.9 Å². The first kappa shape index (κ1) is 19.0. The van der Waals surface area contributed by atoms with Crippen LogP contribution in [0.25, 0.3) is 0 Å². The number of Topliss-reactive ketones (excluding diaryl/α,β-unsaturated/α-hetero) is 1. The molecule has 3 rings (SSSR count). The predicted octanol–water partition coefficient (Wildman–Crippen LogP) is 4.07. The van der Waals surface area contributed by atoms with E-state index >= 15 is 0 Å². The maximum absolute atomic E-state index is 12.3. The minimum absolute atomic E-state index is 0.0176. The van der Waals surface area contributed by atoms with Crippen molar-refractivity contribution in [2.45, 2.75) is 13.8 Å². The van der Waals surface area contributed by atoms with Crippen LogP contribution in [0.15, 0.2) is 60.7 Å². The van der Waals surface area contributed by atoms with Gasteiger partial charge in [0.2, 0.25) is 0 Å². The summed E-state index contributed by atoms with van der Waals surface area (Å²) in [6.45, 7) is 4.00. The predicted molar refractivity (Wildman–Crippen MR) is 107 cm³/mol. The van der Waals surface area contributed by atoms with Crippen molar-refractivity contribution in [3.8, 4) is 5.75 Å². The lowest BCUT2D eigenvalue weighted by atomic mass is 10.1. The Bertz CT molecular complexity index is 970. The minimum atomic E-state index is -0.359. The highest BCUT2D eigenvalue weighted by molar-refractivity contribution is 6.02. The van der Waals surface area contributed by atoms with Gasteiger partial charge in [-0.25, -0.2) is 0 Å². The molecule has 7 heteroatoms. The Balaban J connectivity index is 1.64. The molecule has 0 spiro atoms. The molecule has 0 aliphatic heterocycles. The number of benzene rings is 2. The molecule has 3 aromatic rings. The summed E-state index contributed by atoms with van der Waals surface area (Å²) in [6, 6.07) is 17.4. The Morgan fingerprint density at radius 3 is 2.39 bits per heavy atom. The van der Waals surface area contributed by atoms with Gasteiger partial charge in [-0.15, -0.1) is 10.2 Å². The summed E-state index contributed by atoms with van der Waals surface area (Å²) in [7, 11) is 0. The molecule has 1 heterocycles. The molecule has 7 nitrogen and oxygen atoms in total. The van der Waals surface area contributed by atoms with Crippen molar-refractivity contribution in [1.29, 1.82) is 0 Å². The number of nitrogens with one attached hydrogen (secondary N) is 2. The first-order valence-corrected chi connectivity index (χ1v) is 8.81. The van der Waals surface area contributed by atoms with E-state index in [2.05, 4.69) is 20.8 Å². The fourth-order valence-corrected chi connectivity index (χ4v) is 2.48. The van der Waals surface area contributed by atoms with E-state index in [1.807, 2.05) is 13.0 Å². The van der Waals surface area contributed by atoms with Crippen molar-refractivity contribution >= 4 is 28.9 Å². The van der Waals surface area contributed by atoms with E-state index in [1.54, 1.807) is 54.6 Å². The summed E-state index contributed by atoms with van der Waals surface area (Å²) < 4.78 is 5.37. The molecule has 0 aliphatic rings. The fraction of sp³-hybridized carbons (Fsp3) is 0.143. The van der Waals surface area contributed by atoms with Crippen LogP contribution in [-0.2, 0) is 0 Å². The third kappa shape index (κ3) is 4.91. The van der Waals surface area contributed by atoms with Crippen molar-refractivity contribution in [3.63, 3.8) is 0 Å². The van der Waals surface area contributed by atoms with Gasteiger partial charge < -0.3 is 15.4 Å². The maximum Gasteiger partial charge on any atom is 0.276 e. The number of aromatic nitrogens is 2. The van der Waals surface area contributed by atoms with Crippen LogP contribution in [0.3, 0.4) is 0 Å². The van der Waals surface area contributed by atoms with Crippen LogP contribution in [0.4, 0.5) is 17.2 Å². The second-order valence-corrected chi connectivity index (χ2v) is 5.98. The number of nitrogens with zero attached hydrogens (tertiary/aromatic N) is 2. The molecule has 0 atom stereocenters. The summed E-state index contributed by atoms with van der Waals surface area (Å²) in [6.07, 6.45) is 0. The molecule has 2 N–H and O–H groups in total. The van der Waals surface area contributed by atoms with Gasteiger partial charge in [-0.2, -0.15) is 0 Å². The van der Waals surface area contributed by atoms with Gasteiger partial charge in [-0.3, -0.25) is 9.59 Å². The first-order chi connectivity index (χ1) is 13.5. The van der Waals surface area contributed by atoms with Gasteiger partial charge in [-0.05, 0) is 62.4 Å². The zero-order valence-corrected chi connectivity index (χ0v) is 15.6. The quantitative estimate of drug-likeness (QED) is 0.604. The van der Waals surface area contributed by atoms with Crippen LogP contribution in [0.2, 0.25) is 0 Å². The van der Waals surface area contributed by atoms with Gasteiger partial charge in [0.15, 0.2) is 17.3 Å². The molecule has 142 valence electrons. The summed E-state index contributed by atoms with van der Waals surface area (Å²) in [5.74, 6) is 0.834. The largest absolute Gasteiger partial charge is 0.494 e. The Kier molecular flexibility index (Phi) is 5.96. The SMILES string of the molecule is CCOc1ccc(NC(=O)c2ccc(Nc3cccc(C(C)=O)c3)nn2)cc1. The van der Waals surface area contributed by atoms with Gasteiger partial charge >= 0.3 is 0 Å². The van der Waals surface area contributed by atoms with Crippen LogP contribution >= 0.6 is 0 Å². The lowest BCUT2D eigenvalue weighted by Crippen LogP contribution is -2.14. The fourth-order valence-electron chi connectivity index (χ4n) is 2.48. The van der Waals surface area contributed by atoms with Crippen molar-refractivity contribution in [2.75, 3.05) is 17.2 Å². The molecule has 0 radical (unpaired) electrons.